The Hall–Kier alpha value is -3.21. The summed E-state index contributed by atoms with van der Waals surface area (Å²) in [4.78, 5) is 0. The molecule has 6 rings (SSSR count). The van der Waals surface area contributed by atoms with Crippen molar-refractivity contribution in [3.05, 3.63) is 77.3 Å². The second kappa shape index (κ2) is 7.93. The van der Waals surface area contributed by atoms with Crippen molar-refractivity contribution in [2.45, 2.75) is 19.8 Å². The minimum absolute atomic E-state index is 0.392. The van der Waals surface area contributed by atoms with Crippen LogP contribution in [0.25, 0.3) is 47.7 Å². The van der Waals surface area contributed by atoms with Gasteiger partial charge in [0.15, 0.2) is 0 Å². The van der Waals surface area contributed by atoms with Crippen molar-refractivity contribution in [1.82, 2.24) is 4.57 Å². The summed E-state index contributed by atoms with van der Waals surface area (Å²) in [5.41, 5.74) is 4.56. The molecule has 3 nitrogen and oxygen atoms in total. The molecule has 0 fully saturated rings. The number of ether oxygens (including phenoxy) is 2. The van der Waals surface area contributed by atoms with E-state index in [0.717, 1.165) is 33.1 Å². The Labute approximate surface area is 207 Å². The van der Waals surface area contributed by atoms with E-state index in [4.69, 9.17) is 21.1 Å². The standard InChI is InChI=1S/C29H24ClNO2S/c1-16(2)18-13-24-27(25(30)14-18)31(20-7-5-17-6-8-21(32-3)12-19(17)11-20)28-23-10-9-22(33-4)15-26(23)34-29(24)28/h5-16H,1-4H3. The third-order valence-corrected chi connectivity index (χ3v) is 8.07. The largest absolute Gasteiger partial charge is 0.497 e. The van der Waals surface area contributed by atoms with Crippen LogP contribution < -0.4 is 9.47 Å². The van der Waals surface area contributed by atoms with Gasteiger partial charge in [0.2, 0.25) is 0 Å². The number of halogens is 1. The molecule has 2 aromatic heterocycles. The van der Waals surface area contributed by atoms with Crippen molar-refractivity contribution in [2.24, 2.45) is 0 Å². The maximum absolute atomic E-state index is 7.00. The molecule has 2 heterocycles. The third-order valence-electron chi connectivity index (χ3n) is 6.60. The summed E-state index contributed by atoms with van der Waals surface area (Å²) in [6, 6.07) is 23.5. The van der Waals surface area contributed by atoms with Gasteiger partial charge in [0.05, 0.1) is 35.0 Å². The predicted molar refractivity (Wildman–Crippen MR) is 146 cm³/mol. The molecular weight excluding hydrogens is 462 g/mol. The Morgan fingerprint density at radius 2 is 1.50 bits per heavy atom. The lowest BCUT2D eigenvalue weighted by Crippen LogP contribution is -1.96. The van der Waals surface area contributed by atoms with E-state index in [2.05, 4.69) is 73.0 Å². The van der Waals surface area contributed by atoms with E-state index in [1.807, 2.05) is 12.1 Å². The second-order valence-electron chi connectivity index (χ2n) is 8.93. The van der Waals surface area contributed by atoms with Crippen molar-refractivity contribution >= 4 is 64.9 Å². The van der Waals surface area contributed by atoms with Gasteiger partial charge < -0.3 is 14.0 Å². The first-order valence-corrected chi connectivity index (χ1v) is 12.5. The van der Waals surface area contributed by atoms with E-state index < -0.39 is 0 Å². The van der Waals surface area contributed by atoms with Crippen LogP contribution >= 0.6 is 22.9 Å². The average molecular weight is 486 g/mol. The Kier molecular flexibility index (Phi) is 4.98. The molecule has 0 bridgehead atoms. The number of aromatic nitrogens is 1. The molecule has 170 valence electrons. The SMILES string of the molecule is COc1ccc2ccc(-n3c4c(Cl)cc(C(C)C)cc4c4sc5cc(OC)ccc5c43)cc2c1. The first kappa shape index (κ1) is 21.3. The van der Waals surface area contributed by atoms with E-state index in [0.29, 0.717) is 5.92 Å². The third kappa shape index (κ3) is 3.17. The van der Waals surface area contributed by atoms with Crippen LogP contribution in [-0.2, 0) is 0 Å². The number of hydrogen-bond donors (Lipinski definition) is 0. The van der Waals surface area contributed by atoms with Gasteiger partial charge in [-0.05, 0) is 76.9 Å². The highest BCUT2D eigenvalue weighted by Crippen LogP contribution is 2.46. The molecule has 6 aromatic rings. The Morgan fingerprint density at radius 1 is 0.765 bits per heavy atom. The molecule has 0 radical (unpaired) electrons. The van der Waals surface area contributed by atoms with E-state index in [-0.39, 0.29) is 0 Å². The highest BCUT2D eigenvalue weighted by atomic mass is 35.5. The topological polar surface area (TPSA) is 23.4 Å². The van der Waals surface area contributed by atoms with Crippen LogP contribution in [-0.4, -0.2) is 18.8 Å². The van der Waals surface area contributed by atoms with Gasteiger partial charge in [-0.25, -0.2) is 0 Å². The van der Waals surface area contributed by atoms with Gasteiger partial charge >= 0.3 is 0 Å². The number of nitrogens with zero attached hydrogens (tertiary/aromatic N) is 1. The molecule has 0 aliphatic carbocycles. The average Bonchev–Trinajstić information content (AvgIpc) is 3.37. The fourth-order valence-corrected chi connectivity index (χ4v) is 6.34. The summed E-state index contributed by atoms with van der Waals surface area (Å²) >= 11 is 8.79. The molecular formula is C29H24ClNO2S. The van der Waals surface area contributed by atoms with Crippen molar-refractivity contribution in [3.63, 3.8) is 0 Å². The number of benzene rings is 4. The first-order valence-electron chi connectivity index (χ1n) is 11.3. The van der Waals surface area contributed by atoms with Crippen molar-refractivity contribution in [3.8, 4) is 17.2 Å². The molecule has 0 saturated heterocycles. The van der Waals surface area contributed by atoms with Crippen molar-refractivity contribution < 1.29 is 9.47 Å². The second-order valence-corrected chi connectivity index (χ2v) is 10.4. The lowest BCUT2D eigenvalue weighted by molar-refractivity contribution is 0.415. The van der Waals surface area contributed by atoms with Gasteiger partial charge in [0.1, 0.15) is 11.5 Å². The van der Waals surface area contributed by atoms with Crippen LogP contribution in [0.2, 0.25) is 5.02 Å². The summed E-state index contributed by atoms with van der Waals surface area (Å²) in [5.74, 6) is 2.11. The number of rotatable bonds is 4. The smallest absolute Gasteiger partial charge is 0.120 e. The zero-order valence-corrected chi connectivity index (χ0v) is 21.1. The fourth-order valence-electron chi connectivity index (χ4n) is 4.80. The number of thiophene rings is 1. The fraction of sp³-hybridized carbons (Fsp3) is 0.172. The van der Waals surface area contributed by atoms with Crippen LogP contribution in [0.5, 0.6) is 11.5 Å². The molecule has 4 aromatic carbocycles. The molecule has 0 aliphatic heterocycles. The van der Waals surface area contributed by atoms with Gasteiger partial charge in [-0.3, -0.25) is 0 Å². The lowest BCUT2D eigenvalue weighted by Gasteiger charge is -2.13. The summed E-state index contributed by atoms with van der Waals surface area (Å²) in [6.07, 6.45) is 0. The molecule has 0 aliphatic rings. The van der Waals surface area contributed by atoms with Crippen molar-refractivity contribution in [2.75, 3.05) is 14.2 Å². The molecule has 0 saturated carbocycles. The van der Waals surface area contributed by atoms with Gasteiger partial charge in [0, 0.05) is 21.2 Å². The highest BCUT2D eigenvalue weighted by Gasteiger charge is 2.21. The normalized spacial score (nSPS) is 11.9. The molecule has 34 heavy (non-hydrogen) atoms. The summed E-state index contributed by atoms with van der Waals surface area (Å²) in [6.45, 7) is 4.41. The molecule has 0 atom stereocenters. The number of fused-ring (bicyclic) bond motifs is 6. The quantitative estimate of drug-likeness (QED) is 0.249. The van der Waals surface area contributed by atoms with Crippen LogP contribution in [0.1, 0.15) is 25.3 Å². The minimum atomic E-state index is 0.392. The Bertz CT molecular complexity index is 1730. The van der Waals surface area contributed by atoms with Crippen LogP contribution in [0.15, 0.2) is 66.7 Å². The van der Waals surface area contributed by atoms with Gasteiger partial charge in [0.25, 0.3) is 0 Å². The van der Waals surface area contributed by atoms with Crippen LogP contribution in [0.4, 0.5) is 0 Å². The number of hydrogen-bond acceptors (Lipinski definition) is 3. The maximum Gasteiger partial charge on any atom is 0.120 e. The Morgan fingerprint density at radius 3 is 2.26 bits per heavy atom. The summed E-state index contributed by atoms with van der Waals surface area (Å²) in [7, 11) is 3.41. The van der Waals surface area contributed by atoms with Gasteiger partial charge in [-0.2, -0.15) is 0 Å². The van der Waals surface area contributed by atoms with Crippen LogP contribution in [0, 0.1) is 0 Å². The Balaban J connectivity index is 1.76. The van der Waals surface area contributed by atoms with E-state index >= 15 is 0 Å². The van der Waals surface area contributed by atoms with Crippen LogP contribution in [0.3, 0.4) is 0 Å². The minimum Gasteiger partial charge on any atom is -0.497 e. The number of methoxy groups -OCH3 is 2. The summed E-state index contributed by atoms with van der Waals surface area (Å²) in [5, 5.41) is 5.47. The highest BCUT2D eigenvalue weighted by molar-refractivity contribution is 7.26. The molecule has 5 heteroatoms. The molecule has 0 unspecified atom stereocenters. The van der Waals surface area contributed by atoms with Gasteiger partial charge in [-0.15, -0.1) is 11.3 Å². The predicted octanol–water partition coefficient (Wildman–Crippen LogP) is 8.95. The zero-order chi connectivity index (χ0) is 23.6. The molecule has 0 N–H and O–H groups in total. The van der Waals surface area contributed by atoms with E-state index in [1.54, 1.807) is 25.6 Å². The molecule has 0 amide bonds. The monoisotopic (exact) mass is 485 g/mol. The van der Waals surface area contributed by atoms with E-state index in [9.17, 15) is 0 Å². The van der Waals surface area contributed by atoms with Gasteiger partial charge in [-0.1, -0.05) is 37.6 Å². The molecule has 0 spiro atoms. The maximum atomic E-state index is 7.00. The van der Waals surface area contributed by atoms with Crippen molar-refractivity contribution in [1.29, 1.82) is 0 Å². The first-order chi connectivity index (χ1) is 16.5. The summed E-state index contributed by atoms with van der Waals surface area (Å²) < 4.78 is 15.7. The lowest BCUT2D eigenvalue weighted by atomic mass is 10.0. The van der Waals surface area contributed by atoms with E-state index in [1.165, 1.54) is 36.6 Å². The zero-order valence-electron chi connectivity index (χ0n) is 19.5.